The molecule has 0 atom stereocenters. The maximum Gasteiger partial charge on any atom is 0.339 e. The van der Waals surface area contributed by atoms with Crippen LogP contribution in [-0.2, 0) is 16.1 Å². The van der Waals surface area contributed by atoms with Crippen LogP contribution in [0.4, 0.5) is 14.5 Å². The smallest absolute Gasteiger partial charge is 0.339 e. The van der Waals surface area contributed by atoms with Gasteiger partial charge in [0.15, 0.2) is 18.2 Å². The highest BCUT2D eigenvalue weighted by Gasteiger charge is 2.15. The zero-order chi connectivity index (χ0) is 20.6. The Balaban J connectivity index is 1.57. The molecule has 0 heterocycles. The van der Waals surface area contributed by atoms with E-state index in [1.165, 1.54) is 6.07 Å². The van der Waals surface area contributed by atoms with Crippen LogP contribution in [0.2, 0.25) is 0 Å². The SMILES string of the molecule is O=C(COC(=O)c1ccccc1COc1ccccc1)Nc1ccc(F)c(F)c1. The van der Waals surface area contributed by atoms with Crippen molar-refractivity contribution in [2.45, 2.75) is 6.61 Å². The van der Waals surface area contributed by atoms with Crippen molar-refractivity contribution in [2.24, 2.45) is 0 Å². The zero-order valence-corrected chi connectivity index (χ0v) is 15.2. The van der Waals surface area contributed by atoms with Gasteiger partial charge in [0.1, 0.15) is 12.4 Å². The van der Waals surface area contributed by atoms with E-state index in [0.717, 1.165) is 12.1 Å². The fraction of sp³-hybridized carbons (Fsp3) is 0.0909. The first-order valence-corrected chi connectivity index (χ1v) is 8.70. The third-order valence-corrected chi connectivity index (χ3v) is 3.91. The van der Waals surface area contributed by atoms with E-state index < -0.39 is 30.1 Å². The molecule has 0 aliphatic heterocycles. The standard InChI is InChI=1S/C22H17F2NO4/c23-19-11-10-16(12-20(19)24)25-21(26)14-29-22(27)18-9-5-4-6-15(18)13-28-17-7-2-1-3-8-17/h1-12H,13-14H2,(H,25,26). The summed E-state index contributed by atoms with van der Waals surface area (Å²) in [7, 11) is 0. The summed E-state index contributed by atoms with van der Waals surface area (Å²) in [5, 5.41) is 2.33. The average molecular weight is 397 g/mol. The summed E-state index contributed by atoms with van der Waals surface area (Å²) in [6.45, 7) is -0.429. The van der Waals surface area contributed by atoms with Crippen LogP contribution in [-0.4, -0.2) is 18.5 Å². The van der Waals surface area contributed by atoms with Crippen molar-refractivity contribution in [1.82, 2.24) is 0 Å². The molecule has 0 aromatic heterocycles. The molecule has 5 nitrogen and oxygen atoms in total. The molecule has 29 heavy (non-hydrogen) atoms. The van der Waals surface area contributed by atoms with Crippen molar-refractivity contribution >= 4 is 17.6 Å². The maximum atomic E-state index is 13.2. The minimum atomic E-state index is -1.09. The number of carbonyl (C=O) groups is 2. The number of hydrogen-bond acceptors (Lipinski definition) is 4. The molecule has 0 bridgehead atoms. The fourth-order valence-corrected chi connectivity index (χ4v) is 2.50. The van der Waals surface area contributed by atoms with Crippen molar-refractivity contribution in [3.8, 4) is 5.75 Å². The van der Waals surface area contributed by atoms with Crippen LogP contribution in [0.5, 0.6) is 5.75 Å². The molecule has 0 aliphatic rings. The number of carbonyl (C=O) groups excluding carboxylic acids is 2. The Kier molecular flexibility index (Phi) is 6.52. The van der Waals surface area contributed by atoms with Gasteiger partial charge in [0.05, 0.1) is 5.56 Å². The molecule has 0 saturated carbocycles. The predicted octanol–water partition coefficient (Wildman–Crippen LogP) is 4.34. The molecule has 148 valence electrons. The van der Waals surface area contributed by atoms with Crippen LogP contribution < -0.4 is 10.1 Å². The molecule has 0 radical (unpaired) electrons. The molecule has 0 fully saturated rings. The number of para-hydroxylation sites is 1. The second kappa shape index (κ2) is 9.45. The maximum absolute atomic E-state index is 13.2. The Morgan fingerprint density at radius 1 is 0.862 bits per heavy atom. The summed E-state index contributed by atoms with van der Waals surface area (Å²) in [6, 6.07) is 18.8. The fourth-order valence-electron chi connectivity index (χ4n) is 2.50. The van der Waals surface area contributed by atoms with Crippen molar-refractivity contribution < 1.29 is 27.8 Å². The van der Waals surface area contributed by atoms with E-state index in [0.29, 0.717) is 11.3 Å². The first-order valence-electron chi connectivity index (χ1n) is 8.70. The molecule has 1 amide bonds. The Morgan fingerprint density at radius 2 is 1.59 bits per heavy atom. The summed E-state index contributed by atoms with van der Waals surface area (Å²) in [4.78, 5) is 24.3. The highest BCUT2D eigenvalue weighted by molar-refractivity contribution is 5.96. The Morgan fingerprint density at radius 3 is 2.34 bits per heavy atom. The summed E-state index contributed by atoms with van der Waals surface area (Å²) in [5.74, 6) is -2.84. The Bertz CT molecular complexity index is 1010. The van der Waals surface area contributed by atoms with Gasteiger partial charge in [0.25, 0.3) is 5.91 Å². The van der Waals surface area contributed by atoms with Gasteiger partial charge in [-0.2, -0.15) is 0 Å². The molecule has 3 aromatic carbocycles. The molecule has 3 aromatic rings. The Labute approximate surface area is 165 Å². The number of ether oxygens (including phenoxy) is 2. The van der Waals surface area contributed by atoms with Crippen molar-refractivity contribution in [3.63, 3.8) is 0 Å². The van der Waals surface area contributed by atoms with Gasteiger partial charge in [-0.15, -0.1) is 0 Å². The van der Waals surface area contributed by atoms with Crippen LogP contribution in [0.25, 0.3) is 0 Å². The lowest BCUT2D eigenvalue weighted by Crippen LogP contribution is -2.21. The van der Waals surface area contributed by atoms with Gasteiger partial charge in [-0.1, -0.05) is 36.4 Å². The van der Waals surface area contributed by atoms with Crippen LogP contribution in [0.3, 0.4) is 0 Å². The largest absolute Gasteiger partial charge is 0.489 e. The second-order valence-corrected chi connectivity index (χ2v) is 6.01. The van der Waals surface area contributed by atoms with Crippen LogP contribution in [0.15, 0.2) is 72.8 Å². The average Bonchev–Trinajstić information content (AvgIpc) is 2.74. The number of nitrogens with one attached hydrogen (secondary N) is 1. The van der Waals surface area contributed by atoms with Crippen molar-refractivity contribution in [3.05, 3.63) is 95.6 Å². The topological polar surface area (TPSA) is 64.6 Å². The third-order valence-electron chi connectivity index (χ3n) is 3.91. The van der Waals surface area contributed by atoms with Crippen LogP contribution in [0.1, 0.15) is 15.9 Å². The lowest BCUT2D eigenvalue weighted by atomic mass is 10.1. The molecule has 0 spiro atoms. The van der Waals surface area contributed by atoms with Gasteiger partial charge in [-0.25, -0.2) is 13.6 Å². The van der Waals surface area contributed by atoms with Crippen molar-refractivity contribution in [1.29, 1.82) is 0 Å². The monoisotopic (exact) mass is 397 g/mol. The molecule has 7 heteroatoms. The minimum absolute atomic E-state index is 0.0570. The van der Waals surface area contributed by atoms with E-state index in [9.17, 15) is 18.4 Å². The van der Waals surface area contributed by atoms with Crippen molar-refractivity contribution in [2.75, 3.05) is 11.9 Å². The molecule has 3 rings (SSSR count). The number of esters is 1. The summed E-state index contributed by atoms with van der Waals surface area (Å²) in [6.07, 6.45) is 0. The van der Waals surface area contributed by atoms with E-state index in [2.05, 4.69) is 5.32 Å². The quantitative estimate of drug-likeness (QED) is 0.603. The summed E-state index contributed by atoms with van der Waals surface area (Å²) >= 11 is 0. The first-order chi connectivity index (χ1) is 14.0. The first kappa shape index (κ1) is 20.0. The number of hydrogen-bond donors (Lipinski definition) is 1. The van der Waals surface area contributed by atoms with Gasteiger partial charge >= 0.3 is 5.97 Å². The van der Waals surface area contributed by atoms with E-state index in [1.807, 2.05) is 18.2 Å². The van der Waals surface area contributed by atoms with E-state index in [-0.39, 0.29) is 17.9 Å². The lowest BCUT2D eigenvalue weighted by molar-refractivity contribution is -0.119. The Hall–Kier alpha value is -3.74. The van der Waals surface area contributed by atoms with Gasteiger partial charge in [-0.05, 0) is 30.3 Å². The molecule has 0 aliphatic carbocycles. The van der Waals surface area contributed by atoms with E-state index in [1.54, 1.807) is 36.4 Å². The van der Waals surface area contributed by atoms with E-state index >= 15 is 0 Å². The zero-order valence-electron chi connectivity index (χ0n) is 15.2. The van der Waals surface area contributed by atoms with Gasteiger partial charge in [0, 0.05) is 17.3 Å². The molecular formula is C22H17F2NO4. The van der Waals surface area contributed by atoms with Gasteiger partial charge in [0.2, 0.25) is 0 Å². The van der Waals surface area contributed by atoms with Crippen LogP contribution in [0, 0.1) is 11.6 Å². The van der Waals surface area contributed by atoms with Gasteiger partial charge in [-0.3, -0.25) is 4.79 Å². The highest BCUT2D eigenvalue weighted by Crippen LogP contribution is 2.16. The van der Waals surface area contributed by atoms with Gasteiger partial charge < -0.3 is 14.8 Å². The molecule has 0 saturated heterocycles. The van der Waals surface area contributed by atoms with Crippen LogP contribution >= 0.6 is 0 Å². The summed E-state index contributed by atoms with van der Waals surface area (Å²) < 4.78 is 36.8. The number of rotatable bonds is 7. The highest BCUT2D eigenvalue weighted by atomic mass is 19.2. The predicted molar refractivity (Wildman–Crippen MR) is 102 cm³/mol. The lowest BCUT2D eigenvalue weighted by Gasteiger charge is -2.11. The number of benzene rings is 3. The third kappa shape index (κ3) is 5.62. The second-order valence-electron chi connectivity index (χ2n) is 6.01. The normalized spacial score (nSPS) is 10.3. The molecule has 0 unspecified atom stereocenters. The number of anilines is 1. The molecular weight excluding hydrogens is 380 g/mol. The number of amides is 1. The van der Waals surface area contributed by atoms with E-state index in [4.69, 9.17) is 9.47 Å². The summed E-state index contributed by atoms with van der Waals surface area (Å²) in [5.41, 5.74) is 0.924. The molecule has 1 N–H and O–H groups in total. The number of halogens is 2. The minimum Gasteiger partial charge on any atom is -0.489 e.